The summed E-state index contributed by atoms with van der Waals surface area (Å²) in [5.74, 6) is -0.889. The van der Waals surface area contributed by atoms with Crippen LogP contribution in [0.4, 0.5) is 5.69 Å². The lowest BCUT2D eigenvalue weighted by molar-refractivity contribution is 0.0696. The van der Waals surface area contributed by atoms with Gasteiger partial charge < -0.3 is 15.6 Å². The molecule has 0 spiro atoms. The molecule has 0 heterocycles. The van der Waals surface area contributed by atoms with Crippen LogP contribution in [0.2, 0.25) is 5.02 Å². The molecule has 0 aliphatic carbocycles. The Morgan fingerprint density at radius 2 is 2.25 bits per heavy atom. The Bertz CT molecular complexity index is 443. The highest BCUT2D eigenvalue weighted by atomic mass is 35.5. The summed E-state index contributed by atoms with van der Waals surface area (Å²) in [7, 11) is 0. The molecule has 0 aliphatic rings. The Morgan fingerprint density at radius 1 is 1.62 bits per heavy atom. The van der Waals surface area contributed by atoms with Gasteiger partial charge in [-0.2, -0.15) is 0 Å². The third-order valence-corrected chi connectivity index (χ3v) is 2.16. The predicted molar refractivity (Wildman–Crippen MR) is 63.1 cm³/mol. The molecule has 0 amide bonds. The Balaban J connectivity index is 3.09. The SMILES string of the molecule is C=C(C)COc1cc(N)cc(C(=O)O)c1Cl. The first-order valence-corrected chi connectivity index (χ1v) is 4.89. The molecule has 0 unspecified atom stereocenters. The normalized spacial score (nSPS) is 9.88. The summed E-state index contributed by atoms with van der Waals surface area (Å²) in [5.41, 5.74) is 6.57. The van der Waals surface area contributed by atoms with Crippen LogP contribution in [0.1, 0.15) is 17.3 Å². The number of hydrogen-bond acceptors (Lipinski definition) is 3. The van der Waals surface area contributed by atoms with Gasteiger partial charge in [-0.25, -0.2) is 4.79 Å². The number of aromatic carboxylic acids is 1. The summed E-state index contributed by atoms with van der Waals surface area (Å²) in [6.45, 7) is 5.72. The molecule has 0 bridgehead atoms. The van der Waals surface area contributed by atoms with Crippen LogP contribution in [0.15, 0.2) is 24.3 Å². The summed E-state index contributed by atoms with van der Waals surface area (Å²) >= 11 is 5.87. The molecular formula is C11H12ClNO3. The molecule has 3 N–H and O–H groups in total. The molecule has 1 aromatic rings. The van der Waals surface area contributed by atoms with E-state index in [1.165, 1.54) is 12.1 Å². The van der Waals surface area contributed by atoms with E-state index in [4.69, 9.17) is 27.2 Å². The number of anilines is 1. The van der Waals surface area contributed by atoms with Gasteiger partial charge in [0.15, 0.2) is 0 Å². The van der Waals surface area contributed by atoms with Crippen molar-refractivity contribution in [2.45, 2.75) is 6.92 Å². The van der Waals surface area contributed by atoms with Crippen LogP contribution in [0.5, 0.6) is 5.75 Å². The number of ether oxygens (including phenoxy) is 1. The van der Waals surface area contributed by atoms with Gasteiger partial charge >= 0.3 is 5.97 Å². The minimum atomic E-state index is -1.14. The fourth-order valence-electron chi connectivity index (χ4n) is 1.08. The van der Waals surface area contributed by atoms with Gasteiger partial charge in [-0.3, -0.25) is 0 Å². The smallest absolute Gasteiger partial charge is 0.337 e. The fraction of sp³-hybridized carbons (Fsp3) is 0.182. The van der Waals surface area contributed by atoms with E-state index >= 15 is 0 Å². The summed E-state index contributed by atoms with van der Waals surface area (Å²) in [4.78, 5) is 10.9. The van der Waals surface area contributed by atoms with Crippen molar-refractivity contribution in [2.24, 2.45) is 0 Å². The molecule has 0 aliphatic heterocycles. The second-order valence-corrected chi connectivity index (χ2v) is 3.81. The number of carboxylic acid groups (broad SMARTS) is 1. The number of halogens is 1. The maximum atomic E-state index is 10.9. The lowest BCUT2D eigenvalue weighted by Gasteiger charge is -2.10. The lowest BCUT2D eigenvalue weighted by atomic mass is 10.2. The molecule has 5 heteroatoms. The Hall–Kier alpha value is -1.68. The van der Waals surface area contributed by atoms with Crippen molar-refractivity contribution in [3.8, 4) is 5.75 Å². The van der Waals surface area contributed by atoms with E-state index in [0.29, 0.717) is 5.69 Å². The van der Waals surface area contributed by atoms with Gasteiger partial charge in [-0.05, 0) is 18.6 Å². The zero-order chi connectivity index (χ0) is 12.3. The molecule has 0 saturated carbocycles. The second-order valence-electron chi connectivity index (χ2n) is 3.43. The number of carboxylic acids is 1. The number of benzene rings is 1. The number of carbonyl (C=O) groups is 1. The van der Waals surface area contributed by atoms with Crippen LogP contribution in [0.3, 0.4) is 0 Å². The first kappa shape index (κ1) is 12.4. The van der Waals surface area contributed by atoms with E-state index in [1.54, 1.807) is 6.92 Å². The van der Waals surface area contributed by atoms with E-state index in [2.05, 4.69) is 6.58 Å². The van der Waals surface area contributed by atoms with E-state index in [9.17, 15) is 4.79 Å². The fourth-order valence-corrected chi connectivity index (χ4v) is 1.33. The molecule has 0 atom stereocenters. The van der Waals surface area contributed by atoms with E-state index < -0.39 is 5.97 Å². The van der Waals surface area contributed by atoms with Gasteiger partial charge in [0.05, 0.1) is 10.6 Å². The summed E-state index contributed by atoms with van der Waals surface area (Å²) in [6.07, 6.45) is 0. The third kappa shape index (κ3) is 2.90. The van der Waals surface area contributed by atoms with Gasteiger partial charge in [0.1, 0.15) is 12.4 Å². The number of rotatable bonds is 4. The van der Waals surface area contributed by atoms with Crippen LogP contribution in [-0.4, -0.2) is 17.7 Å². The molecule has 86 valence electrons. The van der Waals surface area contributed by atoms with Crippen molar-refractivity contribution in [3.05, 3.63) is 34.9 Å². The molecule has 0 aromatic heterocycles. The molecule has 1 aromatic carbocycles. The number of nitrogen functional groups attached to an aromatic ring is 1. The van der Waals surface area contributed by atoms with Crippen molar-refractivity contribution in [1.82, 2.24) is 0 Å². The summed E-state index contributed by atoms with van der Waals surface area (Å²) in [6, 6.07) is 2.77. The third-order valence-electron chi connectivity index (χ3n) is 1.77. The van der Waals surface area contributed by atoms with Crippen LogP contribution in [-0.2, 0) is 0 Å². The standard InChI is InChI=1S/C11H12ClNO3/c1-6(2)5-16-9-4-7(13)3-8(10(9)12)11(14)15/h3-4H,1,5,13H2,2H3,(H,14,15). The van der Waals surface area contributed by atoms with Gasteiger partial charge in [-0.1, -0.05) is 18.2 Å². The van der Waals surface area contributed by atoms with Gasteiger partial charge in [0.2, 0.25) is 0 Å². The molecule has 0 radical (unpaired) electrons. The van der Waals surface area contributed by atoms with Crippen molar-refractivity contribution in [2.75, 3.05) is 12.3 Å². The van der Waals surface area contributed by atoms with E-state index in [1.807, 2.05) is 0 Å². The Labute approximate surface area is 98.3 Å². The zero-order valence-corrected chi connectivity index (χ0v) is 9.54. The minimum absolute atomic E-state index is 0.0444. The molecule has 16 heavy (non-hydrogen) atoms. The maximum absolute atomic E-state index is 10.9. The highest BCUT2D eigenvalue weighted by molar-refractivity contribution is 6.35. The average Bonchev–Trinajstić information content (AvgIpc) is 2.18. The molecular weight excluding hydrogens is 230 g/mol. The number of hydrogen-bond donors (Lipinski definition) is 2. The van der Waals surface area contributed by atoms with Crippen molar-refractivity contribution in [1.29, 1.82) is 0 Å². The van der Waals surface area contributed by atoms with Gasteiger partial charge in [0.25, 0.3) is 0 Å². The minimum Gasteiger partial charge on any atom is -0.488 e. The van der Waals surface area contributed by atoms with Crippen LogP contribution >= 0.6 is 11.6 Å². The highest BCUT2D eigenvalue weighted by Crippen LogP contribution is 2.31. The summed E-state index contributed by atoms with van der Waals surface area (Å²) in [5, 5.41) is 8.92. The average molecular weight is 242 g/mol. The zero-order valence-electron chi connectivity index (χ0n) is 8.79. The van der Waals surface area contributed by atoms with Crippen molar-refractivity contribution < 1.29 is 14.6 Å². The lowest BCUT2D eigenvalue weighted by Crippen LogP contribution is -2.04. The molecule has 0 saturated heterocycles. The van der Waals surface area contributed by atoms with Crippen LogP contribution in [0, 0.1) is 0 Å². The maximum Gasteiger partial charge on any atom is 0.337 e. The van der Waals surface area contributed by atoms with Crippen LogP contribution < -0.4 is 10.5 Å². The quantitative estimate of drug-likeness (QED) is 0.628. The monoisotopic (exact) mass is 241 g/mol. The predicted octanol–water partition coefficient (Wildman–Crippen LogP) is 2.58. The topological polar surface area (TPSA) is 72.5 Å². The molecule has 1 rings (SSSR count). The molecule has 4 nitrogen and oxygen atoms in total. The second kappa shape index (κ2) is 4.90. The van der Waals surface area contributed by atoms with Gasteiger partial charge in [-0.15, -0.1) is 0 Å². The summed E-state index contributed by atoms with van der Waals surface area (Å²) < 4.78 is 5.30. The van der Waals surface area contributed by atoms with Crippen molar-refractivity contribution >= 4 is 23.3 Å². The first-order chi connectivity index (χ1) is 7.41. The Morgan fingerprint density at radius 3 is 2.75 bits per heavy atom. The highest BCUT2D eigenvalue weighted by Gasteiger charge is 2.14. The largest absolute Gasteiger partial charge is 0.488 e. The van der Waals surface area contributed by atoms with E-state index in [-0.39, 0.29) is 22.9 Å². The molecule has 0 fully saturated rings. The number of nitrogens with two attached hydrogens (primary N) is 1. The van der Waals surface area contributed by atoms with E-state index in [0.717, 1.165) is 5.57 Å². The Kier molecular flexibility index (Phi) is 3.79. The first-order valence-electron chi connectivity index (χ1n) is 4.51. The van der Waals surface area contributed by atoms with Crippen LogP contribution in [0.25, 0.3) is 0 Å². The van der Waals surface area contributed by atoms with Crippen molar-refractivity contribution in [3.63, 3.8) is 0 Å². The van der Waals surface area contributed by atoms with Gasteiger partial charge in [0, 0.05) is 11.8 Å².